The minimum atomic E-state index is 0. The van der Waals surface area contributed by atoms with E-state index in [2.05, 4.69) is 18.2 Å². The molecule has 2 heteroatoms. The van der Waals surface area contributed by atoms with Gasteiger partial charge in [-0.25, -0.2) is 0 Å². The summed E-state index contributed by atoms with van der Waals surface area (Å²) in [5.41, 5.74) is 1.41. The summed E-state index contributed by atoms with van der Waals surface area (Å²) in [5, 5.41) is 0. The molecule has 0 aromatic rings. The van der Waals surface area contributed by atoms with Gasteiger partial charge >= 0.3 is 0 Å². The average Bonchev–Trinajstić information content (AvgIpc) is 1.87. The second-order valence-corrected chi connectivity index (χ2v) is 2.85. The van der Waals surface area contributed by atoms with Gasteiger partial charge in [-0.05, 0) is 25.7 Å². The molecule has 1 aliphatic rings. The Morgan fingerprint density at radius 1 is 1.18 bits per heavy atom. The smallest absolute Gasteiger partial charge is 0.0433 e. The first-order valence-electron chi connectivity index (χ1n) is 3.82. The number of halogens is 1. The maximum atomic E-state index is 5.71. The molecule has 1 aliphatic carbocycles. The Kier molecular flexibility index (Phi) is 7.38. The third kappa shape index (κ3) is 4.80. The van der Waals surface area contributed by atoms with E-state index in [1.807, 2.05) is 0 Å². The third-order valence-electron chi connectivity index (χ3n) is 1.74. The Labute approximate surface area is 87.4 Å². The molecule has 66 valence electrons. The third-order valence-corrected chi connectivity index (χ3v) is 2.08. The summed E-state index contributed by atoms with van der Waals surface area (Å²) < 4.78 is 0. The van der Waals surface area contributed by atoms with Crippen LogP contribution in [-0.2, 0) is 20.4 Å². The standard InChI is InChI=1S/C9H13Cl.Pd/c10-8-9-6-4-2-1-3-5-7-9;/h1-2,7H,3-6,8H2;. The van der Waals surface area contributed by atoms with Crippen LogP contribution in [0.15, 0.2) is 23.8 Å². The Bertz CT molecular complexity index is 150. The van der Waals surface area contributed by atoms with Crippen LogP contribution in [0.25, 0.3) is 0 Å². The van der Waals surface area contributed by atoms with Crippen LogP contribution in [0.3, 0.4) is 0 Å². The van der Waals surface area contributed by atoms with E-state index in [9.17, 15) is 0 Å². The molecule has 0 fully saturated rings. The van der Waals surface area contributed by atoms with Gasteiger partial charge in [0.1, 0.15) is 0 Å². The number of rotatable bonds is 1. The van der Waals surface area contributed by atoms with Crippen molar-refractivity contribution in [2.45, 2.75) is 25.7 Å². The first kappa shape index (κ1) is 11.4. The predicted molar refractivity (Wildman–Crippen MR) is 46.4 cm³/mol. The van der Waals surface area contributed by atoms with E-state index >= 15 is 0 Å². The van der Waals surface area contributed by atoms with Gasteiger partial charge < -0.3 is 0 Å². The van der Waals surface area contributed by atoms with Crippen molar-refractivity contribution in [3.05, 3.63) is 23.8 Å². The normalized spacial score (nSPS) is 17.7. The largest absolute Gasteiger partial charge is 0.122 e. The molecule has 11 heavy (non-hydrogen) atoms. The van der Waals surface area contributed by atoms with Crippen LogP contribution in [0.2, 0.25) is 0 Å². The van der Waals surface area contributed by atoms with E-state index in [-0.39, 0.29) is 20.4 Å². The molecule has 0 N–H and O–H groups in total. The van der Waals surface area contributed by atoms with Gasteiger partial charge in [-0.3, -0.25) is 0 Å². The predicted octanol–water partition coefficient (Wildman–Crippen LogP) is 3.28. The van der Waals surface area contributed by atoms with Crippen molar-refractivity contribution in [2.75, 3.05) is 5.88 Å². The summed E-state index contributed by atoms with van der Waals surface area (Å²) in [6, 6.07) is 0. The van der Waals surface area contributed by atoms with E-state index in [4.69, 9.17) is 11.6 Å². The average molecular weight is 263 g/mol. The van der Waals surface area contributed by atoms with Crippen molar-refractivity contribution in [2.24, 2.45) is 0 Å². The molecule has 0 saturated carbocycles. The molecule has 0 aliphatic heterocycles. The topological polar surface area (TPSA) is 0 Å². The molecular formula is C9H13ClPd. The summed E-state index contributed by atoms with van der Waals surface area (Å²) in [4.78, 5) is 0. The molecule has 0 heterocycles. The maximum absolute atomic E-state index is 5.71. The van der Waals surface area contributed by atoms with Gasteiger partial charge in [0.25, 0.3) is 0 Å². The first-order valence-corrected chi connectivity index (χ1v) is 4.36. The molecule has 0 bridgehead atoms. The molecule has 0 amide bonds. The van der Waals surface area contributed by atoms with Crippen LogP contribution < -0.4 is 0 Å². The summed E-state index contributed by atoms with van der Waals surface area (Å²) >= 11 is 5.71. The second kappa shape index (κ2) is 7.10. The van der Waals surface area contributed by atoms with Gasteiger partial charge in [-0.2, -0.15) is 0 Å². The minimum absolute atomic E-state index is 0. The molecule has 1 rings (SSSR count). The maximum Gasteiger partial charge on any atom is 0.0433 e. The zero-order valence-electron chi connectivity index (χ0n) is 6.46. The van der Waals surface area contributed by atoms with E-state index in [1.54, 1.807) is 0 Å². The number of allylic oxidation sites excluding steroid dienone is 4. The van der Waals surface area contributed by atoms with Crippen molar-refractivity contribution in [3.8, 4) is 0 Å². The van der Waals surface area contributed by atoms with Gasteiger partial charge in [-0.1, -0.05) is 23.8 Å². The molecule has 0 aromatic heterocycles. The molecule has 0 atom stereocenters. The van der Waals surface area contributed by atoms with Crippen molar-refractivity contribution in [3.63, 3.8) is 0 Å². The van der Waals surface area contributed by atoms with Crippen LogP contribution in [0.5, 0.6) is 0 Å². The summed E-state index contributed by atoms with van der Waals surface area (Å²) in [6.07, 6.45) is 11.4. The van der Waals surface area contributed by atoms with Crippen molar-refractivity contribution in [1.29, 1.82) is 0 Å². The van der Waals surface area contributed by atoms with Gasteiger partial charge in [-0.15, -0.1) is 11.6 Å². The quantitative estimate of drug-likeness (QED) is 0.387. The van der Waals surface area contributed by atoms with Gasteiger partial charge in [0.2, 0.25) is 0 Å². The van der Waals surface area contributed by atoms with Crippen LogP contribution in [0.4, 0.5) is 0 Å². The van der Waals surface area contributed by atoms with Crippen molar-refractivity contribution >= 4 is 11.6 Å². The first-order chi connectivity index (χ1) is 4.93. The van der Waals surface area contributed by atoms with Crippen LogP contribution in [-0.4, -0.2) is 5.88 Å². The zero-order chi connectivity index (χ0) is 7.23. The SMILES string of the molecule is ClCC1=CCCC=CCC1.[Pd]. The molecule has 0 saturated heterocycles. The number of hydrogen-bond donors (Lipinski definition) is 0. The van der Waals surface area contributed by atoms with Crippen molar-refractivity contribution < 1.29 is 20.4 Å². The molecular weight excluding hydrogens is 250 g/mol. The van der Waals surface area contributed by atoms with E-state index in [1.165, 1.54) is 24.8 Å². The fourth-order valence-corrected chi connectivity index (χ4v) is 1.35. The van der Waals surface area contributed by atoms with Crippen molar-refractivity contribution in [1.82, 2.24) is 0 Å². The van der Waals surface area contributed by atoms with Crippen LogP contribution in [0.1, 0.15) is 25.7 Å². The zero-order valence-corrected chi connectivity index (χ0v) is 8.77. The van der Waals surface area contributed by atoms with Gasteiger partial charge in [0.15, 0.2) is 0 Å². The fourth-order valence-electron chi connectivity index (χ4n) is 1.11. The Hall–Kier alpha value is 0.432. The van der Waals surface area contributed by atoms with E-state index in [0.717, 1.165) is 6.42 Å². The van der Waals surface area contributed by atoms with E-state index < -0.39 is 0 Å². The van der Waals surface area contributed by atoms with Crippen LogP contribution in [0, 0.1) is 0 Å². The summed E-state index contributed by atoms with van der Waals surface area (Å²) in [6.45, 7) is 0. The number of alkyl halides is 1. The molecule has 0 aromatic carbocycles. The Morgan fingerprint density at radius 2 is 1.91 bits per heavy atom. The fraction of sp³-hybridized carbons (Fsp3) is 0.556. The van der Waals surface area contributed by atoms with Gasteiger partial charge in [0.05, 0.1) is 0 Å². The number of hydrogen-bond acceptors (Lipinski definition) is 0. The van der Waals surface area contributed by atoms with E-state index in [0.29, 0.717) is 5.88 Å². The summed E-state index contributed by atoms with van der Waals surface area (Å²) in [5.74, 6) is 0.716. The monoisotopic (exact) mass is 262 g/mol. The molecule has 0 spiro atoms. The second-order valence-electron chi connectivity index (χ2n) is 2.58. The molecule has 0 radical (unpaired) electrons. The Morgan fingerprint density at radius 3 is 2.64 bits per heavy atom. The minimum Gasteiger partial charge on any atom is -0.122 e. The summed E-state index contributed by atoms with van der Waals surface area (Å²) in [7, 11) is 0. The molecule has 0 nitrogen and oxygen atoms in total. The van der Waals surface area contributed by atoms with Crippen LogP contribution >= 0.6 is 11.6 Å². The molecule has 0 unspecified atom stereocenters. The van der Waals surface area contributed by atoms with Gasteiger partial charge in [0, 0.05) is 26.3 Å². The Balaban J connectivity index is 0.000001000.